The molecule has 116 valence electrons. The predicted octanol–water partition coefficient (Wildman–Crippen LogP) is 2.98. The summed E-state index contributed by atoms with van der Waals surface area (Å²) in [6.07, 6.45) is 1.51. The summed E-state index contributed by atoms with van der Waals surface area (Å²) in [5.74, 6) is 0.234. The van der Waals surface area contributed by atoms with Gasteiger partial charge in [0.1, 0.15) is 0 Å². The van der Waals surface area contributed by atoms with Crippen LogP contribution in [-0.4, -0.2) is 20.7 Å². The van der Waals surface area contributed by atoms with Crippen molar-refractivity contribution in [1.82, 2.24) is 14.8 Å². The number of carbonyl (C=O) groups is 1. The average molecular weight is 307 g/mol. The Balaban J connectivity index is 1.84. The number of nitrogens with zero attached hydrogens (tertiary/aromatic N) is 3. The van der Waals surface area contributed by atoms with Gasteiger partial charge in [0, 0.05) is 13.3 Å². The molecule has 0 radical (unpaired) electrons. The van der Waals surface area contributed by atoms with Gasteiger partial charge in [0.15, 0.2) is 5.82 Å². The molecule has 0 N–H and O–H groups in total. The summed E-state index contributed by atoms with van der Waals surface area (Å²) in [5.41, 5.74) is 2.03. The maximum atomic E-state index is 11.3. The third kappa shape index (κ3) is 3.83. The van der Waals surface area contributed by atoms with E-state index in [0.29, 0.717) is 12.2 Å². The average Bonchev–Trinajstić information content (AvgIpc) is 2.97. The molecule has 0 unspecified atom stereocenters. The standard InChI is InChI=1S/C18H17N3O2/c1-14(22)23-18-19-17(13-12-15-8-4-2-5-9-15)20-21(18)16-10-6-3-7-11-16/h2-11H,12-13H2,1H3. The van der Waals surface area contributed by atoms with Gasteiger partial charge >= 0.3 is 12.0 Å². The minimum Gasteiger partial charge on any atom is -0.391 e. The van der Waals surface area contributed by atoms with Crippen LogP contribution < -0.4 is 4.74 Å². The number of esters is 1. The van der Waals surface area contributed by atoms with Crippen LogP contribution in [0.2, 0.25) is 0 Å². The zero-order chi connectivity index (χ0) is 16.1. The lowest BCUT2D eigenvalue weighted by Gasteiger charge is -2.03. The van der Waals surface area contributed by atoms with Crippen molar-refractivity contribution in [2.45, 2.75) is 19.8 Å². The van der Waals surface area contributed by atoms with E-state index in [1.165, 1.54) is 12.5 Å². The number of para-hydroxylation sites is 1. The Bertz CT molecular complexity index is 783. The Morgan fingerprint density at radius 2 is 1.65 bits per heavy atom. The molecule has 0 aliphatic heterocycles. The molecule has 1 heterocycles. The maximum Gasteiger partial charge on any atom is 0.327 e. The van der Waals surface area contributed by atoms with E-state index in [0.717, 1.165) is 12.1 Å². The minimum absolute atomic E-state index is 0.201. The maximum absolute atomic E-state index is 11.3. The number of benzene rings is 2. The van der Waals surface area contributed by atoms with Crippen molar-refractivity contribution in [2.24, 2.45) is 0 Å². The molecule has 0 atom stereocenters. The number of ether oxygens (including phenoxy) is 1. The summed E-state index contributed by atoms with van der Waals surface area (Å²) in [6.45, 7) is 1.35. The summed E-state index contributed by atoms with van der Waals surface area (Å²) in [7, 11) is 0. The Hall–Kier alpha value is -2.95. The molecule has 0 aliphatic carbocycles. The molecule has 0 saturated heterocycles. The molecule has 0 fully saturated rings. The number of carbonyl (C=O) groups excluding carboxylic acids is 1. The molecule has 0 aliphatic rings. The first kappa shape index (κ1) is 15.0. The van der Waals surface area contributed by atoms with Crippen molar-refractivity contribution < 1.29 is 9.53 Å². The van der Waals surface area contributed by atoms with Crippen LogP contribution in [0.25, 0.3) is 5.69 Å². The molecule has 0 amide bonds. The van der Waals surface area contributed by atoms with E-state index >= 15 is 0 Å². The molecule has 3 aromatic rings. The van der Waals surface area contributed by atoms with Crippen LogP contribution in [0.5, 0.6) is 6.01 Å². The molecule has 23 heavy (non-hydrogen) atoms. The van der Waals surface area contributed by atoms with E-state index < -0.39 is 5.97 Å². The van der Waals surface area contributed by atoms with Crippen molar-refractivity contribution in [2.75, 3.05) is 0 Å². The van der Waals surface area contributed by atoms with Crippen molar-refractivity contribution in [1.29, 1.82) is 0 Å². The van der Waals surface area contributed by atoms with Crippen LogP contribution in [0.4, 0.5) is 0 Å². The first-order valence-electron chi connectivity index (χ1n) is 7.46. The molecular weight excluding hydrogens is 290 g/mol. The minimum atomic E-state index is -0.413. The quantitative estimate of drug-likeness (QED) is 0.680. The number of hydrogen-bond acceptors (Lipinski definition) is 4. The van der Waals surface area contributed by atoms with Gasteiger partial charge in [-0.05, 0) is 24.1 Å². The fraction of sp³-hybridized carbons (Fsp3) is 0.167. The number of hydrogen-bond donors (Lipinski definition) is 0. The molecular formula is C18H17N3O2. The smallest absolute Gasteiger partial charge is 0.327 e. The van der Waals surface area contributed by atoms with Gasteiger partial charge in [0.25, 0.3) is 0 Å². The Labute approximate surface area is 134 Å². The normalized spacial score (nSPS) is 10.5. The fourth-order valence-electron chi connectivity index (χ4n) is 2.28. The van der Waals surface area contributed by atoms with Gasteiger partial charge in [-0.25, -0.2) is 0 Å². The van der Waals surface area contributed by atoms with E-state index in [2.05, 4.69) is 22.2 Å². The summed E-state index contributed by atoms with van der Waals surface area (Å²) >= 11 is 0. The molecule has 1 aromatic heterocycles. The van der Waals surface area contributed by atoms with Gasteiger partial charge in [-0.3, -0.25) is 4.79 Å². The molecule has 0 bridgehead atoms. The largest absolute Gasteiger partial charge is 0.391 e. The van der Waals surface area contributed by atoms with E-state index in [1.54, 1.807) is 4.68 Å². The van der Waals surface area contributed by atoms with Gasteiger partial charge in [0.05, 0.1) is 5.69 Å². The van der Waals surface area contributed by atoms with Crippen LogP contribution >= 0.6 is 0 Å². The predicted molar refractivity (Wildman–Crippen MR) is 86.5 cm³/mol. The number of aryl methyl sites for hydroxylation is 2. The number of rotatable bonds is 5. The fourth-order valence-corrected chi connectivity index (χ4v) is 2.28. The number of aromatic nitrogens is 3. The van der Waals surface area contributed by atoms with Gasteiger partial charge in [-0.1, -0.05) is 48.5 Å². The SMILES string of the molecule is CC(=O)Oc1nc(CCc2ccccc2)nn1-c1ccccc1. The van der Waals surface area contributed by atoms with E-state index in [9.17, 15) is 4.79 Å². The summed E-state index contributed by atoms with van der Waals surface area (Å²) in [5, 5.41) is 4.48. The van der Waals surface area contributed by atoms with Gasteiger partial charge in [-0.2, -0.15) is 9.67 Å². The Morgan fingerprint density at radius 1 is 1.00 bits per heavy atom. The summed E-state index contributed by atoms with van der Waals surface area (Å²) < 4.78 is 6.74. The summed E-state index contributed by atoms with van der Waals surface area (Å²) in [4.78, 5) is 15.6. The highest BCUT2D eigenvalue weighted by Gasteiger charge is 2.14. The zero-order valence-electron chi connectivity index (χ0n) is 12.8. The Kier molecular flexibility index (Phi) is 4.47. The van der Waals surface area contributed by atoms with Crippen molar-refractivity contribution >= 4 is 5.97 Å². The van der Waals surface area contributed by atoms with Crippen LogP contribution in [0.15, 0.2) is 60.7 Å². The Morgan fingerprint density at radius 3 is 2.30 bits per heavy atom. The second kappa shape index (κ2) is 6.87. The molecule has 0 saturated carbocycles. The van der Waals surface area contributed by atoms with Crippen LogP contribution in [0, 0.1) is 0 Å². The van der Waals surface area contributed by atoms with Crippen molar-refractivity contribution in [3.63, 3.8) is 0 Å². The van der Waals surface area contributed by atoms with Gasteiger partial charge < -0.3 is 4.74 Å². The third-order valence-corrected chi connectivity index (χ3v) is 3.34. The third-order valence-electron chi connectivity index (χ3n) is 3.34. The first-order chi connectivity index (χ1) is 11.2. The lowest BCUT2D eigenvalue weighted by Crippen LogP contribution is -2.08. The van der Waals surface area contributed by atoms with Crippen LogP contribution in [0.3, 0.4) is 0 Å². The van der Waals surface area contributed by atoms with Crippen LogP contribution in [0.1, 0.15) is 18.3 Å². The highest BCUT2D eigenvalue weighted by atomic mass is 16.6. The summed E-state index contributed by atoms with van der Waals surface area (Å²) in [6, 6.07) is 19.9. The van der Waals surface area contributed by atoms with Crippen LogP contribution in [-0.2, 0) is 17.6 Å². The van der Waals surface area contributed by atoms with E-state index in [-0.39, 0.29) is 6.01 Å². The monoisotopic (exact) mass is 307 g/mol. The molecule has 3 rings (SSSR count). The van der Waals surface area contributed by atoms with E-state index in [4.69, 9.17) is 4.74 Å². The highest BCUT2D eigenvalue weighted by Crippen LogP contribution is 2.17. The lowest BCUT2D eigenvalue weighted by molar-refractivity contribution is -0.132. The molecule has 5 heteroatoms. The molecule has 0 spiro atoms. The highest BCUT2D eigenvalue weighted by molar-refractivity contribution is 5.68. The molecule has 2 aromatic carbocycles. The van der Waals surface area contributed by atoms with E-state index in [1.807, 2.05) is 48.5 Å². The second-order valence-electron chi connectivity index (χ2n) is 5.14. The molecule has 5 nitrogen and oxygen atoms in total. The van der Waals surface area contributed by atoms with Gasteiger partial charge in [0.2, 0.25) is 0 Å². The van der Waals surface area contributed by atoms with Crippen molar-refractivity contribution in [3.8, 4) is 11.7 Å². The zero-order valence-corrected chi connectivity index (χ0v) is 12.8. The second-order valence-corrected chi connectivity index (χ2v) is 5.14. The van der Waals surface area contributed by atoms with Gasteiger partial charge in [-0.15, -0.1) is 5.10 Å². The lowest BCUT2D eigenvalue weighted by atomic mass is 10.1. The first-order valence-corrected chi connectivity index (χ1v) is 7.46. The van der Waals surface area contributed by atoms with Crippen molar-refractivity contribution in [3.05, 3.63) is 72.1 Å². The topological polar surface area (TPSA) is 57.0 Å².